The third-order valence-corrected chi connectivity index (χ3v) is 7.54. The molecule has 5 rings (SSSR count). The van der Waals surface area contributed by atoms with E-state index in [4.69, 9.17) is 4.74 Å². The molecule has 9 nitrogen and oxygen atoms in total. The quantitative estimate of drug-likeness (QED) is 0.344. The van der Waals surface area contributed by atoms with Crippen LogP contribution in [0.2, 0.25) is 0 Å². The number of piperazine rings is 1. The van der Waals surface area contributed by atoms with Crippen LogP contribution in [0, 0.1) is 0 Å². The number of benzene rings is 1. The van der Waals surface area contributed by atoms with E-state index >= 15 is 0 Å². The Morgan fingerprint density at radius 1 is 1.03 bits per heavy atom. The van der Waals surface area contributed by atoms with Gasteiger partial charge in [0.05, 0.1) is 18.3 Å². The number of pyridine rings is 1. The summed E-state index contributed by atoms with van der Waals surface area (Å²) in [6.45, 7) is 5.23. The second-order valence-electron chi connectivity index (χ2n) is 9.30. The number of ether oxygens (including phenoxy) is 1. The topological polar surface area (TPSA) is 103 Å². The van der Waals surface area contributed by atoms with E-state index in [1.807, 2.05) is 30.3 Å². The molecule has 0 aliphatic carbocycles. The van der Waals surface area contributed by atoms with Gasteiger partial charge in [0, 0.05) is 56.3 Å². The summed E-state index contributed by atoms with van der Waals surface area (Å²) in [7, 11) is 3.51. The summed E-state index contributed by atoms with van der Waals surface area (Å²) >= 11 is 1.47. The molecule has 0 radical (unpaired) electrons. The Morgan fingerprint density at radius 2 is 1.81 bits per heavy atom. The lowest BCUT2D eigenvalue weighted by Crippen LogP contribution is -2.43. The van der Waals surface area contributed by atoms with E-state index in [0.29, 0.717) is 16.9 Å². The first kappa shape index (κ1) is 25.1. The molecule has 37 heavy (non-hydrogen) atoms. The van der Waals surface area contributed by atoms with Crippen LogP contribution < -0.4 is 5.32 Å². The van der Waals surface area contributed by atoms with Crippen LogP contribution in [0.5, 0.6) is 0 Å². The molecular formula is C27H30N6O3S. The molecule has 1 aromatic carbocycles. The summed E-state index contributed by atoms with van der Waals surface area (Å²) in [6.07, 6.45) is 4.97. The van der Waals surface area contributed by atoms with E-state index in [1.165, 1.54) is 24.0 Å². The summed E-state index contributed by atoms with van der Waals surface area (Å²) in [5.41, 5.74) is 3.92. The zero-order valence-corrected chi connectivity index (χ0v) is 21.8. The van der Waals surface area contributed by atoms with Gasteiger partial charge in [-0.15, -0.1) is 11.3 Å². The molecule has 3 aromatic heterocycles. The van der Waals surface area contributed by atoms with Crippen molar-refractivity contribution >= 4 is 39.2 Å². The molecule has 1 fully saturated rings. The summed E-state index contributed by atoms with van der Waals surface area (Å²) in [4.78, 5) is 41.1. The largest absolute Gasteiger partial charge is 0.464 e. The average Bonchev–Trinajstić information content (AvgIpc) is 3.55. The maximum Gasteiger partial charge on any atom is 0.354 e. The number of amides is 1. The van der Waals surface area contributed by atoms with E-state index in [1.54, 1.807) is 18.5 Å². The van der Waals surface area contributed by atoms with Gasteiger partial charge in [0.2, 0.25) is 0 Å². The van der Waals surface area contributed by atoms with Gasteiger partial charge < -0.3 is 19.9 Å². The molecule has 0 spiro atoms. The highest BCUT2D eigenvalue weighted by Crippen LogP contribution is 2.22. The number of aromatic nitrogens is 3. The fraction of sp³-hybridized carbons (Fsp3) is 0.333. The van der Waals surface area contributed by atoms with Crippen LogP contribution >= 0.6 is 11.3 Å². The van der Waals surface area contributed by atoms with E-state index < -0.39 is 5.97 Å². The van der Waals surface area contributed by atoms with Gasteiger partial charge in [-0.05, 0) is 48.9 Å². The van der Waals surface area contributed by atoms with Crippen LogP contribution in [-0.2, 0) is 24.1 Å². The Hall–Kier alpha value is -3.60. The number of carbonyl (C=O) groups excluding carboxylic acids is 2. The highest BCUT2D eigenvalue weighted by molar-refractivity contribution is 7.15. The predicted octanol–water partition coefficient (Wildman–Crippen LogP) is 3.59. The molecule has 0 bridgehead atoms. The van der Waals surface area contributed by atoms with Gasteiger partial charge in [0.15, 0.2) is 0 Å². The number of esters is 1. The SMILES string of the molecule is COC(=O)c1cc2cc(CCc3ncc(NC(=O)c4ccc(CN5CCN(C)CC5)cc4)s3)cnc2[nH]1. The minimum Gasteiger partial charge on any atom is -0.464 e. The van der Waals surface area contributed by atoms with Crippen LogP contribution in [0.3, 0.4) is 0 Å². The Bertz CT molecular complexity index is 1390. The molecule has 10 heteroatoms. The van der Waals surface area contributed by atoms with E-state index in [0.717, 1.165) is 66.5 Å². The first-order valence-corrected chi connectivity index (χ1v) is 13.1. The molecule has 0 atom stereocenters. The lowest BCUT2D eigenvalue weighted by molar-refractivity contribution is 0.0595. The Balaban J connectivity index is 1.13. The number of nitrogens with one attached hydrogen (secondary N) is 2. The Kier molecular flexibility index (Phi) is 7.59. The smallest absolute Gasteiger partial charge is 0.354 e. The third-order valence-electron chi connectivity index (χ3n) is 6.57. The number of nitrogens with zero attached hydrogens (tertiary/aromatic N) is 4. The fourth-order valence-corrected chi connectivity index (χ4v) is 5.17. The highest BCUT2D eigenvalue weighted by atomic mass is 32.1. The monoisotopic (exact) mass is 518 g/mol. The summed E-state index contributed by atoms with van der Waals surface area (Å²) in [5, 5.41) is 5.49. The number of H-pyrrole nitrogens is 1. The minimum atomic E-state index is -0.418. The number of carbonyl (C=O) groups is 2. The molecule has 1 aliphatic rings. The highest BCUT2D eigenvalue weighted by Gasteiger charge is 2.15. The van der Waals surface area contributed by atoms with Crippen molar-refractivity contribution < 1.29 is 14.3 Å². The standard InChI is InChI=1S/C27H30N6O3S/c1-32-9-11-33(12-10-32)17-18-3-6-20(7-4-18)26(34)31-24-16-28-23(37-24)8-5-19-13-21-14-22(27(35)36-2)30-25(21)29-15-19/h3-4,6-7,13-16H,5,8-12,17H2,1-2H3,(H,29,30)(H,31,34). The molecule has 1 amide bonds. The Labute approximate surface area is 219 Å². The van der Waals surface area contributed by atoms with E-state index in [2.05, 4.69) is 37.1 Å². The molecular weight excluding hydrogens is 488 g/mol. The molecule has 1 saturated heterocycles. The van der Waals surface area contributed by atoms with Crippen molar-refractivity contribution in [2.75, 3.05) is 45.7 Å². The normalized spacial score (nSPS) is 14.6. The van der Waals surface area contributed by atoms with Crippen molar-refractivity contribution in [1.29, 1.82) is 0 Å². The maximum absolute atomic E-state index is 12.7. The van der Waals surface area contributed by atoms with Crippen LogP contribution in [-0.4, -0.2) is 77.0 Å². The number of rotatable bonds is 8. The number of fused-ring (bicyclic) bond motifs is 1. The second-order valence-corrected chi connectivity index (χ2v) is 10.4. The predicted molar refractivity (Wildman–Crippen MR) is 144 cm³/mol. The van der Waals surface area contributed by atoms with Crippen molar-refractivity contribution in [3.05, 3.63) is 76.2 Å². The number of anilines is 1. The first-order valence-electron chi connectivity index (χ1n) is 12.3. The zero-order chi connectivity index (χ0) is 25.8. The molecule has 0 unspecified atom stereocenters. The summed E-state index contributed by atoms with van der Waals surface area (Å²) < 4.78 is 4.76. The van der Waals surface area contributed by atoms with Gasteiger partial charge in [0.1, 0.15) is 16.3 Å². The van der Waals surface area contributed by atoms with Crippen LogP contribution in [0.1, 0.15) is 37.0 Å². The van der Waals surface area contributed by atoms with Gasteiger partial charge >= 0.3 is 5.97 Å². The third kappa shape index (κ3) is 6.22. The van der Waals surface area contributed by atoms with Crippen molar-refractivity contribution in [1.82, 2.24) is 24.8 Å². The lowest BCUT2D eigenvalue weighted by atomic mass is 10.1. The number of thiazole rings is 1. The number of aromatic amines is 1. The number of likely N-dealkylation sites (N-methyl/N-ethyl adjacent to an activating group) is 1. The van der Waals surface area contributed by atoms with Gasteiger partial charge in [0.25, 0.3) is 5.91 Å². The lowest BCUT2D eigenvalue weighted by Gasteiger charge is -2.32. The maximum atomic E-state index is 12.7. The minimum absolute atomic E-state index is 0.134. The number of aryl methyl sites for hydroxylation is 2. The Morgan fingerprint density at radius 3 is 2.57 bits per heavy atom. The van der Waals surface area contributed by atoms with E-state index in [-0.39, 0.29) is 5.91 Å². The van der Waals surface area contributed by atoms with Crippen LogP contribution in [0.25, 0.3) is 11.0 Å². The molecule has 0 saturated carbocycles. The first-order chi connectivity index (χ1) is 18.0. The van der Waals surface area contributed by atoms with Gasteiger partial charge in [-0.25, -0.2) is 14.8 Å². The van der Waals surface area contributed by atoms with Gasteiger partial charge in [-0.3, -0.25) is 9.69 Å². The van der Waals surface area contributed by atoms with Crippen LogP contribution in [0.15, 0.2) is 48.8 Å². The van der Waals surface area contributed by atoms with Crippen LogP contribution in [0.4, 0.5) is 5.00 Å². The fourth-order valence-electron chi connectivity index (χ4n) is 4.36. The molecule has 4 aromatic rings. The molecule has 4 heterocycles. The molecule has 192 valence electrons. The number of methoxy groups -OCH3 is 1. The van der Waals surface area contributed by atoms with Crippen molar-refractivity contribution in [3.8, 4) is 0 Å². The van der Waals surface area contributed by atoms with Crippen molar-refractivity contribution in [2.24, 2.45) is 0 Å². The number of hydrogen-bond donors (Lipinski definition) is 2. The molecule has 2 N–H and O–H groups in total. The second kappa shape index (κ2) is 11.2. The van der Waals surface area contributed by atoms with Gasteiger partial charge in [-0.1, -0.05) is 12.1 Å². The average molecular weight is 519 g/mol. The van der Waals surface area contributed by atoms with Gasteiger partial charge in [-0.2, -0.15) is 0 Å². The van der Waals surface area contributed by atoms with Crippen molar-refractivity contribution in [3.63, 3.8) is 0 Å². The zero-order valence-electron chi connectivity index (χ0n) is 21.0. The summed E-state index contributed by atoms with van der Waals surface area (Å²) in [6, 6.07) is 11.6. The van der Waals surface area contributed by atoms with E-state index in [9.17, 15) is 9.59 Å². The number of hydrogen-bond acceptors (Lipinski definition) is 8. The molecule has 1 aliphatic heterocycles. The van der Waals surface area contributed by atoms with Crippen molar-refractivity contribution in [2.45, 2.75) is 19.4 Å². The summed E-state index contributed by atoms with van der Waals surface area (Å²) in [5.74, 6) is -0.552.